The summed E-state index contributed by atoms with van der Waals surface area (Å²) in [7, 11) is 1.67. The molecule has 0 radical (unpaired) electrons. The van der Waals surface area contributed by atoms with E-state index >= 15 is 0 Å². The zero-order valence-corrected chi connectivity index (χ0v) is 6.03. The molecule has 0 aromatic carbocycles. The van der Waals surface area contributed by atoms with Crippen molar-refractivity contribution in [3.63, 3.8) is 0 Å². The molecule has 11 heavy (non-hydrogen) atoms. The Labute approximate surface area is 63.2 Å². The van der Waals surface area contributed by atoms with Gasteiger partial charge in [0.15, 0.2) is 0 Å². The Balaban J connectivity index is 2.87. The van der Waals surface area contributed by atoms with Gasteiger partial charge in [-0.3, -0.25) is 4.68 Å². The number of aromatic nitrogens is 2. The van der Waals surface area contributed by atoms with Gasteiger partial charge in [0.05, 0.1) is 6.20 Å². The molecular weight excluding hydrogens is 146 g/mol. The highest BCUT2D eigenvalue weighted by Gasteiger charge is 2.04. The number of nitrogens with one attached hydrogen (secondary N) is 1. The second-order valence-corrected chi connectivity index (χ2v) is 2.06. The molecule has 0 spiro atoms. The van der Waals surface area contributed by atoms with Crippen LogP contribution in [0.4, 0.5) is 16.3 Å². The number of hydrogen-bond donors (Lipinski definition) is 3. The molecule has 60 valence electrons. The van der Waals surface area contributed by atoms with Gasteiger partial charge in [0.25, 0.3) is 0 Å². The normalized spacial score (nSPS) is 9.55. The Kier molecular flexibility index (Phi) is 1.67. The molecule has 6 nitrogen and oxygen atoms in total. The predicted octanol–water partition coefficient (Wildman–Crippen LogP) is -0.507. The topological polar surface area (TPSA) is 99.0 Å². The summed E-state index contributed by atoms with van der Waals surface area (Å²) < 4.78 is 1.44. The standard InChI is InChI=1S/C5H9N5O/c1-10-4(6)3(2-8-10)9-5(7)11/h2H,6H2,1H3,(H3,7,9,11). The molecule has 0 unspecified atom stereocenters. The molecule has 0 atom stereocenters. The molecule has 0 aliphatic heterocycles. The number of aryl methyl sites for hydroxylation is 1. The first-order chi connectivity index (χ1) is 5.11. The van der Waals surface area contributed by atoms with Crippen molar-refractivity contribution in [2.24, 2.45) is 12.8 Å². The predicted molar refractivity (Wildman–Crippen MR) is 40.8 cm³/mol. The molecule has 0 aliphatic rings. The van der Waals surface area contributed by atoms with Gasteiger partial charge < -0.3 is 16.8 Å². The zero-order chi connectivity index (χ0) is 8.43. The minimum absolute atomic E-state index is 0.379. The van der Waals surface area contributed by atoms with E-state index < -0.39 is 6.03 Å². The first-order valence-corrected chi connectivity index (χ1v) is 2.95. The lowest BCUT2D eigenvalue weighted by molar-refractivity contribution is 0.259. The fourth-order valence-corrected chi connectivity index (χ4v) is 0.676. The van der Waals surface area contributed by atoms with E-state index in [9.17, 15) is 4.79 Å². The van der Waals surface area contributed by atoms with Crippen molar-refractivity contribution in [2.45, 2.75) is 0 Å². The summed E-state index contributed by atoms with van der Waals surface area (Å²) in [5, 5.41) is 6.12. The van der Waals surface area contributed by atoms with Gasteiger partial charge in [-0.05, 0) is 0 Å². The van der Waals surface area contributed by atoms with Gasteiger partial charge in [-0.25, -0.2) is 4.79 Å². The van der Waals surface area contributed by atoms with Crippen LogP contribution in [0.2, 0.25) is 0 Å². The second kappa shape index (κ2) is 2.49. The van der Waals surface area contributed by atoms with Gasteiger partial charge in [0, 0.05) is 7.05 Å². The van der Waals surface area contributed by atoms with Crippen LogP contribution < -0.4 is 16.8 Å². The van der Waals surface area contributed by atoms with Crippen molar-refractivity contribution in [3.05, 3.63) is 6.20 Å². The number of nitrogen functional groups attached to an aromatic ring is 1. The highest BCUT2D eigenvalue weighted by molar-refractivity contribution is 5.90. The van der Waals surface area contributed by atoms with Crippen LogP contribution in [0, 0.1) is 0 Å². The summed E-state index contributed by atoms with van der Waals surface area (Å²) >= 11 is 0. The minimum Gasteiger partial charge on any atom is -0.382 e. The maximum atomic E-state index is 10.3. The Morgan fingerprint density at radius 1 is 1.82 bits per heavy atom. The highest BCUT2D eigenvalue weighted by Crippen LogP contribution is 2.14. The first-order valence-electron chi connectivity index (χ1n) is 2.95. The van der Waals surface area contributed by atoms with Crippen molar-refractivity contribution in [1.82, 2.24) is 9.78 Å². The molecule has 1 aromatic heterocycles. The van der Waals surface area contributed by atoms with Crippen molar-refractivity contribution in [2.75, 3.05) is 11.1 Å². The van der Waals surface area contributed by atoms with E-state index in [0.29, 0.717) is 11.5 Å². The fraction of sp³-hybridized carbons (Fsp3) is 0.200. The number of amides is 2. The van der Waals surface area contributed by atoms with E-state index in [4.69, 9.17) is 11.5 Å². The number of carbonyl (C=O) groups excluding carboxylic acids is 1. The summed E-state index contributed by atoms with van der Waals surface area (Å²) in [6, 6.07) is -0.648. The monoisotopic (exact) mass is 155 g/mol. The van der Waals surface area contributed by atoms with E-state index in [0.717, 1.165) is 0 Å². The largest absolute Gasteiger partial charge is 0.382 e. The number of carbonyl (C=O) groups is 1. The molecule has 1 aromatic rings. The van der Waals surface area contributed by atoms with Crippen LogP contribution in [-0.4, -0.2) is 15.8 Å². The maximum absolute atomic E-state index is 10.3. The van der Waals surface area contributed by atoms with E-state index in [1.807, 2.05) is 0 Å². The summed E-state index contributed by atoms with van der Waals surface area (Å²) in [6.45, 7) is 0. The molecule has 6 heteroatoms. The molecule has 1 heterocycles. The third kappa shape index (κ3) is 1.40. The molecule has 1 rings (SSSR count). The minimum atomic E-state index is -0.648. The summed E-state index contributed by atoms with van der Waals surface area (Å²) in [5.74, 6) is 0.379. The van der Waals surface area contributed by atoms with Crippen molar-refractivity contribution in [3.8, 4) is 0 Å². The molecule has 0 aliphatic carbocycles. The lowest BCUT2D eigenvalue weighted by Gasteiger charge is -1.98. The smallest absolute Gasteiger partial charge is 0.316 e. The summed E-state index contributed by atoms with van der Waals surface area (Å²) in [4.78, 5) is 10.3. The average molecular weight is 155 g/mol. The third-order valence-electron chi connectivity index (χ3n) is 1.24. The fourth-order valence-electron chi connectivity index (χ4n) is 0.676. The van der Waals surface area contributed by atoms with Crippen molar-refractivity contribution in [1.29, 1.82) is 0 Å². The first kappa shape index (κ1) is 7.39. The van der Waals surface area contributed by atoms with Gasteiger partial charge in [-0.2, -0.15) is 5.10 Å². The van der Waals surface area contributed by atoms with E-state index in [-0.39, 0.29) is 0 Å². The molecule has 0 fully saturated rings. The van der Waals surface area contributed by atoms with Gasteiger partial charge >= 0.3 is 6.03 Å². The van der Waals surface area contributed by atoms with Gasteiger partial charge in [0.2, 0.25) is 0 Å². The number of anilines is 2. The Hall–Kier alpha value is -1.72. The Bertz CT molecular complexity index is 278. The van der Waals surface area contributed by atoms with Crippen LogP contribution in [0.1, 0.15) is 0 Å². The van der Waals surface area contributed by atoms with E-state index in [1.54, 1.807) is 7.05 Å². The average Bonchev–Trinajstić information content (AvgIpc) is 2.18. The number of rotatable bonds is 1. The van der Waals surface area contributed by atoms with Gasteiger partial charge in [0.1, 0.15) is 11.5 Å². The maximum Gasteiger partial charge on any atom is 0.316 e. The molecule has 0 saturated carbocycles. The number of primary amides is 1. The number of urea groups is 1. The van der Waals surface area contributed by atoms with Crippen LogP contribution >= 0.6 is 0 Å². The lowest BCUT2D eigenvalue weighted by Crippen LogP contribution is -2.19. The number of hydrogen-bond acceptors (Lipinski definition) is 3. The Morgan fingerprint density at radius 3 is 2.82 bits per heavy atom. The second-order valence-electron chi connectivity index (χ2n) is 2.06. The van der Waals surface area contributed by atoms with Crippen molar-refractivity contribution < 1.29 is 4.79 Å². The van der Waals surface area contributed by atoms with Crippen LogP contribution in [0.5, 0.6) is 0 Å². The molecule has 0 saturated heterocycles. The van der Waals surface area contributed by atoms with E-state index in [2.05, 4.69) is 10.4 Å². The number of nitrogens with zero attached hydrogens (tertiary/aromatic N) is 2. The summed E-state index contributed by atoms with van der Waals surface area (Å²) in [5.41, 5.74) is 10.8. The molecule has 2 amide bonds. The van der Waals surface area contributed by atoms with Crippen LogP contribution in [0.25, 0.3) is 0 Å². The lowest BCUT2D eigenvalue weighted by atomic mass is 10.5. The van der Waals surface area contributed by atoms with Crippen LogP contribution in [0.15, 0.2) is 6.20 Å². The molecule has 0 bridgehead atoms. The number of nitrogens with two attached hydrogens (primary N) is 2. The molecule has 5 N–H and O–H groups in total. The summed E-state index contributed by atoms with van der Waals surface area (Å²) in [6.07, 6.45) is 1.43. The van der Waals surface area contributed by atoms with Crippen molar-refractivity contribution >= 4 is 17.5 Å². The van der Waals surface area contributed by atoms with Gasteiger partial charge in [-0.1, -0.05) is 0 Å². The quantitative estimate of drug-likeness (QED) is 0.509. The zero-order valence-electron chi connectivity index (χ0n) is 6.03. The van der Waals surface area contributed by atoms with Gasteiger partial charge in [-0.15, -0.1) is 0 Å². The Morgan fingerprint density at radius 2 is 2.45 bits per heavy atom. The third-order valence-corrected chi connectivity index (χ3v) is 1.24. The van der Waals surface area contributed by atoms with Crippen LogP contribution in [0.3, 0.4) is 0 Å². The molecular formula is C5H9N5O. The van der Waals surface area contributed by atoms with E-state index in [1.165, 1.54) is 10.9 Å². The highest BCUT2D eigenvalue weighted by atomic mass is 16.2. The SMILES string of the molecule is Cn1ncc(NC(N)=O)c1N. The van der Waals surface area contributed by atoms with Crippen LogP contribution in [-0.2, 0) is 7.05 Å².